The van der Waals surface area contributed by atoms with Gasteiger partial charge in [-0.15, -0.1) is 11.8 Å². The van der Waals surface area contributed by atoms with Gasteiger partial charge in [-0.3, -0.25) is 14.5 Å². The molecule has 6 heteroatoms. The van der Waals surface area contributed by atoms with Crippen LogP contribution in [0.25, 0.3) is 0 Å². The van der Waals surface area contributed by atoms with Crippen molar-refractivity contribution in [3.8, 4) is 0 Å². The van der Waals surface area contributed by atoms with E-state index in [1.807, 2.05) is 41.3 Å². The van der Waals surface area contributed by atoms with E-state index < -0.39 is 0 Å². The van der Waals surface area contributed by atoms with E-state index in [-0.39, 0.29) is 17.2 Å². The Kier molecular flexibility index (Phi) is 6.11. The van der Waals surface area contributed by atoms with Crippen LogP contribution < -0.4 is 10.2 Å². The molecule has 1 N–H and O–H groups in total. The molecule has 0 saturated carbocycles. The van der Waals surface area contributed by atoms with Crippen LogP contribution in [0.3, 0.4) is 0 Å². The lowest BCUT2D eigenvalue weighted by Crippen LogP contribution is -2.27. The zero-order valence-electron chi connectivity index (χ0n) is 16.5. The molecule has 152 valence electrons. The molecule has 3 aromatic rings. The van der Waals surface area contributed by atoms with Crippen LogP contribution in [0.1, 0.15) is 33.8 Å². The number of carbonyl (C=O) groups is 2. The third kappa shape index (κ3) is 4.37. The predicted octanol–water partition coefficient (Wildman–Crippen LogP) is 5.93. The molecule has 30 heavy (non-hydrogen) atoms. The van der Waals surface area contributed by atoms with Crippen LogP contribution in [-0.4, -0.2) is 17.6 Å². The molecular weight excluding hydrogens is 416 g/mol. The first kappa shape index (κ1) is 20.5. The average Bonchev–Trinajstić information content (AvgIpc) is 3.15. The Balaban J connectivity index is 1.51. The highest BCUT2D eigenvalue weighted by molar-refractivity contribution is 8.00. The highest BCUT2D eigenvalue weighted by Crippen LogP contribution is 2.42. The lowest BCUT2D eigenvalue weighted by Gasteiger charge is -2.24. The fourth-order valence-corrected chi connectivity index (χ4v) is 4.77. The van der Waals surface area contributed by atoms with Crippen LogP contribution in [0.5, 0.6) is 0 Å². The number of carbonyl (C=O) groups excluding carboxylic acids is 2. The quantitative estimate of drug-likeness (QED) is 0.539. The molecule has 0 radical (unpaired) electrons. The Bertz CT molecular complexity index is 1070. The summed E-state index contributed by atoms with van der Waals surface area (Å²) in [6.45, 7) is 2.11. The standard InChI is InChI=1S/C24H21ClN2O2S/c1-2-16-6-12-21(13-7-16)27-22(28)15-30-24(27)17-8-10-20(11-9-17)26-23(29)18-4-3-5-19(25)14-18/h3-14,24H,2,15H2,1H3,(H,26,29). The van der Waals surface area contributed by atoms with Gasteiger partial charge in [0.25, 0.3) is 5.91 Å². The molecule has 0 aromatic heterocycles. The molecule has 1 unspecified atom stereocenters. The second-order valence-electron chi connectivity index (χ2n) is 7.03. The molecule has 1 atom stereocenters. The average molecular weight is 437 g/mol. The van der Waals surface area contributed by atoms with E-state index in [1.165, 1.54) is 5.56 Å². The fraction of sp³-hybridized carbons (Fsp3) is 0.167. The van der Waals surface area contributed by atoms with Crippen molar-refractivity contribution in [2.45, 2.75) is 18.7 Å². The molecule has 0 spiro atoms. The largest absolute Gasteiger partial charge is 0.322 e. The molecule has 2 amide bonds. The summed E-state index contributed by atoms with van der Waals surface area (Å²) in [5.41, 5.74) is 4.37. The van der Waals surface area contributed by atoms with Gasteiger partial charge in [-0.05, 0) is 60.0 Å². The summed E-state index contributed by atoms with van der Waals surface area (Å²) in [6.07, 6.45) is 0.967. The maximum absolute atomic E-state index is 12.5. The zero-order valence-corrected chi connectivity index (χ0v) is 18.0. The summed E-state index contributed by atoms with van der Waals surface area (Å²) in [7, 11) is 0. The Morgan fingerprint density at radius 1 is 1.10 bits per heavy atom. The monoisotopic (exact) mass is 436 g/mol. The number of halogens is 1. The normalized spacial score (nSPS) is 16.0. The van der Waals surface area contributed by atoms with E-state index in [4.69, 9.17) is 11.6 Å². The number of nitrogens with one attached hydrogen (secondary N) is 1. The van der Waals surface area contributed by atoms with E-state index in [0.717, 1.165) is 17.7 Å². The van der Waals surface area contributed by atoms with Crippen LogP contribution in [-0.2, 0) is 11.2 Å². The van der Waals surface area contributed by atoms with Crippen LogP contribution in [0.2, 0.25) is 5.02 Å². The van der Waals surface area contributed by atoms with Crippen molar-refractivity contribution in [1.29, 1.82) is 0 Å². The minimum atomic E-state index is -0.215. The number of rotatable bonds is 5. The summed E-state index contributed by atoms with van der Waals surface area (Å²) in [5, 5.41) is 3.32. The van der Waals surface area contributed by atoms with Crippen molar-refractivity contribution in [3.05, 3.63) is 94.5 Å². The van der Waals surface area contributed by atoms with E-state index in [2.05, 4.69) is 24.4 Å². The number of amides is 2. The molecule has 4 nitrogen and oxygen atoms in total. The highest BCUT2D eigenvalue weighted by atomic mass is 35.5. The van der Waals surface area contributed by atoms with Crippen LogP contribution in [0, 0.1) is 0 Å². The van der Waals surface area contributed by atoms with Gasteiger partial charge < -0.3 is 5.32 Å². The number of thioether (sulfide) groups is 1. The number of benzene rings is 3. The van der Waals surface area contributed by atoms with E-state index >= 15 is 0 Å². The summed E-state index contributed by atoms with van der Waals surface area (Å²) in [4.78, 5) is 26.8. The van der Waals surface area contributed by atoms with Gasteiger partial charge in [-0.25, -0.2) is 0 Å². The molecule has 0 bridgehead atoms. The van der Waals surface area contributed by atoms with Crippen molar-refractivity contribution in [3.63, 3.8) is 0 Å². The Morgan fingerprint density at radius 2 is 1.83 bits per heavy atom. The van der Waals surface area contributed by atoms with E-state index in [1.54, 1.807) is 36.0 Å². The smallest absolute Gasteiger partial charge is 0.255 e. The second kappa shape index (κ2) is 8.94. The van der Waals surface area contributed by atoms with Crippen molar-refractivity contribution < 1.29 is 9.59 Å². The Morgan fingerprint density at radius 3 is 2.50 bits per heavy atom. The minimum Gasteiger partial charge on any atom is -0.322 e. The van der Waals surface area contributed by atoms with Crippen molar-refractivity contribution >= 4 is 46.6 Å². The van der Waals surface area contributed by atoms with Crippen molar-refractivity contribution in [2.24, 2.45) is 0 Å². The Hall–Kier alpha value is -2.76. The SMILES string of the molecule is CCc1ccc(N2C(=O)CSC2c2ccc(NC(=O)c3cccc(Cl)c3)cc2)cc1. The maximum atomic E-state index is 12.5. The first-order valence-electron chi connectivity index (χ1n) is 9.74. The predicted molar refractivity (Wildman–Crippen MR) is 124 cm³/mol. The van der Waals surface area contributed by atoms with Crippen molar-refractivity contribution in [2.75, 3.05) is 16.0 Å². The molecule has 1 fully saturated rings. The Labute approximate surface area is 185 Å². The summed E-state index contributed by atoms with van der Waals surface area (Å²) in [6, 6.07) is 22.6. The van der Waals surface area contributed by atoms with Gasteiger partial charge >= 0.3 is 0 Å². The van der Waals surface area contributed by atoms with Crippen LogP contribution >= 0.6 is 23.4 Å². The zero-order chi connectivity index (χ0) is 21.1. The van der Waals surface area contributed by atoms with Crippen LogP contribution in [0.15, 0.2) is 72.8 Å². The van der Waals surface area contributed by atoms with Crippen molar-refractivity contribution in [1.82, 2.24) is 0 Å². The molecule has 1 saturated heterocycles. The van der Waals surface area contributed by atoms with Gasteiger partial charge in [-0.1, -0.05) is 48.9 Å². The van der Waals surface area contributed by atoms with Gasteiger partial charge in [0.05, 0.1) is 5.75 Å². The third-order valence-corrected chi connectivity index (χ3v) is 6.48. The third-order valence-electron chi connectivity index (χ3n) is 5.03. The van der Waals surface area contributed by atoms with Crippen LogP contribution in [0.4, 0.5) is 11.4 Å². The molecule has 1 aliphatic rings. The van der Waals surface area contributed by atoms with Gasteiger partial charge in [0.15, 0.2) is 0 Å². The fourth-order valence-electron chi connectivity index (χ4n) is 3.41. The van der Waals surface area contributed by atoms with E-state index in [9.17, 15) is 9.59 Å². The minimum absolute atomic E-state index is 0.0809. The van der Waals surface area contributed by atoms with Gasteiger partial charge in [-0.2, -0.15) is 0 Å². The molecule has 1 aliphatic heterocycles. The molecule has 1 heterocycles. The molecule has 3 aromatic carbocycles. The van der Waals surface area contributed by atoms with E-state index in [0.29, 0.717) is 22.0 Å². The number of hydrogen-bond acceptors (Lipinski definition) is 3. The number of hydrogen-bond donors (Lipinski definition) is 1. The number of aryl methyl sites for hydroxylation is 1. The number of nitrogens with zero attached hydrogens (tertiary/aromatic N) is 1. The lowest BCUT2D eigenvalue weighted by molar-refractivity contribution is -0.115. The molecule has 4 rings (SSSR count). The van der Waals surface area contributed by atoms with Gasteiger partial charge in [0.2, 0.25) is 5.91 Å². The lowest BCUT2D eigenvalue weighted by atomic mass is 10.1. The highest BCUT2D eigenvalue weighted by Gasteiger charge is 2.33. The summed E-state index contributed by atoms with van der Waals surface area (Å²) < 4.78 is 0. The summed E-state index contributed by atoms with van der Waals surface area (Å²) in [5.74, 6) is 0.342. The molecule has 0 aliphatic carbocycles. The maximum Gasteiger partial charge on any atom is 0.255 e. The van der Waals surface area contributed by atoms with Gasteiger partial charge in [0, 0.05) is 22.0 Å². The first-order chi connectivity index (χ1) is 14.5. The molecular formula is C24H21ClN2O2S. The topological polar surface area (TPSA) is 49.4 Å². The first-order valence-corrected chi connectivity index (χ1v) is 11.2. The van der Waals surface area contributed by atoms with Gasteiger partial charge in [0.1, 0.15) is 5.37 Å². The summed E-state index contributed by atoms with van der Waals surface area (Å²) >= 11 is 7.57. The second-order valence-corrected chi connectivity index (χ2v) is 8.54. The number of anilines is 2.